The van der Waals surface area contributed by atoms with Crippen molar-refractivity contribution in [3.8, 4) is 5.75 Å². The lowest BCUT2D eigenvalue weighted by Crippen LogP contribution is -2.26. The van der Waals surface area contributed by atoms with Gasteiger partial charge in [-0.1, -0.05) is 6.07 Å². The summed E-state index contributed by atoms with van der Waals surface area (Å²) in [6.07, 6.45) is 0.349. The van der Waals surface area contributed by atoms with E-state index in [-0.39, 0.29) is 23.0 Å². The summed E-state index contributed by atoms with van der Waals surface area (Å²) < 4.78 is 9.79. The number of rotatable bonds is 3. The number of cyclic esters (lactones) is 1. The van der Waals surface area contributed by atoms with Gasteiger partial charge in [-0.15, -0.1) is 0 Å². The Labute approximate surface area is 110 Å². The molecule has 6 heteroatoms. The number of carbonyl (C=O) groups excluding carboxylic acids is 2. The lowest BCUT2D eigenvalue weighted by Gasteiger charge is -2.23. The van der Waals surface area contributed by atoms with E-state index < -0.39 is 11.9 Å². The van der Waals surface area contributed by atoms with Crippen molar-refractivity contribution in [2.24, 2.45) is 0 Å². The quantitative estimate of drug-likeness (QED) is 0.469. The maximum Gasteiger partial charge on any atom is 0.342 e. The van der Waals surface area contributed by atoms with Crippen LogP contribution in [0.3, 0.4) is 0 Å². The number of fused-ring (bicyclic) bond motifs is 1. The Hall–Kier alpha value is -2.08. The van der Waals surface area contributed by atoms with Gasteiger partial charge in [0.15, 0.2) is 5.75 Å². The van der Waals surface area contributed by atoms with Gasteiger partial charge in [0.05, 0.1) is 14.2 Å². The Morgan fingerprint density at radius 2 is 2.11 bits per heavy atom. The fourth-order valence-corrected chi connectivity index (χ4v) is 2.05. The van der Waals surface area contributed by atoms with Crippen LogP contribution in [0.5, 0.6) is 5.75 Å². The topological polar surface area (TPSA) is 71.1 Å². The highest BCUT2D eigenvalue weighted by Crippen LogP contribution is 2.33. The molecule has 0 saturated heterocycles. The van der Waals surface area contributed by atoms with Gasteiger partial charge >= 0.3 is 11.9 Å². The van der Waals surface area contributed by atoms with Crippen LogP contribution in [0, 0.1) is 0 Å². The number of carbonyl (C=O) groups is 2. The number of esters is 2. The Morgan fingerprint density at radius 1 is 1.37 bits per heavy atom. The Morgan fingerprint density at radius 3 is 2.74 bits per heavy atom. The van der Waals surface area contributed by atoms with Crippen molar-refractivity contribution in [1.82, 2.24) is 0 Å². The summed E-state index contributed by atoms with van der Waals surface area (Å²) in [6.45, 7) is 1.80. The third-order valence-corrected chi connectivity index (χ3v) is 2.84. The second-order valence-electron chi connectivity index (χ2n) is 4.14. The van der Waals surface area contributed by atoms with Crippen LogP contribution in [-0.2, 0) is 20.8 Å². The summed E-state index contributed by atoms with van der Waals surface area (Å²) in [5, 5.41) is 0. The SMILES string of the molecule is COOc1c(C(=O)OC)ccc2c1C(=O)OC(C)C2. The number of benzene rings is 1. The van der Waals surface area contributed by atoms with E-state index in [0.29, 0.717) is 6.42 Å². The van der Waals surface area contributed by atoms with Gasteiger partial charge in [-0.3, -0.25) is 0 Å². The molecule has 0 N–H and O–H groups in total. The molecule has 1 heterocycles. The Bertz CT molecular complexity index is 522. The van der Waals surface area contributed by atoms with Gasteiger partial charge < -0.3 is 14.4 Å². The third kappa shape index (κ3) is 2.39. The second kappa shape index (κ2) is 5.27. The molecule has 19 heavy (non-hydrogen) atoms. The summed E-state index contributed by atoms with van der Waals surface area (Å²) in [7, 11) is 2.54. The number of methoxy groups -OCH3 is 1. The van der Waals surface area contributed by atoms with Crippen molar-refractivity contribution in [1.29, 1.82) is 0 Å². The van der Waals surface area contributed by atoms with Crippen LogP contribution < -0.4 is 4.89 Å². The predicted molar refractivity (Wildman–Crippen MR) is 64.0 cm³/mol. The normalized spacial score (nSPS) is 17.4. The van der Waals surface area contributed by atoms with Gasteiger partial charge in [-0.05, 0) is 18.6 Å². The zero-order valence-corrected chi connectivity index (χ0v) is 10.9. The first-order valence-corrected chi connectivity index (χ1v) is 5.74. The van der Waals surface area contributed by atoms with Crippen molar-refractivity contribution in [2.75, 3.05) is 14.2 Å². The van der Waals surface area contributed by atoms with Gasteiger partial charge in [0.2, 0.25) is 0 Å². The van der Waals surface area contributed by atoms with E-state index in [1.165, 1.54) is 14.2 Å². The van der Waals surface area contributed by atoms with Crippen LogP contribution in [0.15, 0.2) is 12.1 Å². The molecule has 0 aromatic heterocycles. The molecular weight excluding hydrogens is 252 g/mol. The van der Waals surface area contributed by atoms with Crippen molar-refractivity contribution < 1.29 is 28.8 Å². The molecule has 0 saturated carbocycles. The van der Waals surface area contributed by atoms with Crippen LogP contribution in [0.25, 0.3) is 0 Å². The minimum absolute atomic E-state index is 0.0313. The molecule has 1 aliphatic rings. The number of hydrogen-bond acceptors (Lipinski definition) is 6. The first-order valence-electron chi connectivity index (χ1n) is 5.74. The molecule has 1 unspecified atom stereocenters. The zero-order valence-electron chi connectivity index (χ0n) is 10.9. The molecule has 0 amide bonds. The first-order chi connectivity index (χ1) is 9.08. The lowest BCUT2D eigenvalue weighted by molar-refractivity contribution is -0.179. The molecule has 1 aromatic carbocycles. The molecule has 0 spiro atoms. The second-order valence-corrected chi connectivity index (χ2v) is 4.14. The first kappa shape index (κ1) is 13.4. The molecule has 1 atom stereocenters. The summed E-state index contributed by atoms with van der Waals surface area (Å²) in [6, 6.07) is 3.24. The molecule has 1 aliphatic heterocycles. The van der Waals surface area contributed by atoms with E-state index in [1.54, 1.807) is 19.1 Å². The molecule has 1 aromatic rings. The Balaban J connectivity index is 2.59. The van der Waals surface area contributed by atoms with Crippen LogP contribution >= 0.6 is 0 Å². The van der Waals surface area contributed by atoms with Gasteiger partial charge in [0.25, 0.3) is 0 Å². The largest absolute Gasteiger partial charge is 0.465 e. The van der Waals surface area contributed by atoms with Crippen LogP contribution in [0.2, 0.25) is 0 Å². The molecule has 0 radical (unpaired) electrons. The third-order valence-electron chi connectivity index (χ3n) is 2.84. The number of ether oxygens (including phenoxy) is 2. The average molecular weight is 266 g/mol. The number of hydrogen-bond donors (Lipinski definition) is 0. The summed E-state index contributed by atoms with van der Waals surface area (Å²) in [5.74, 6) is -1.11. The van der Waals surface area contributed by atoms with Crippen LogP contribution in [-0.4, -0.2) is 32.3 Å². The smallest absolute Gasteiger partial charge is 0.342 e. The fourth-order valence-electron chi connectivity index (χ4n) is 2.05. The molecular formula is C13H14O6. The fraction of sp³-hybridized carbons (Fsp3) is 0.385. The van der Waals surface area contributed by atoms with Crippen molar-refractivity contribution in [3.63, 3.8) is 0 Å². The van der Waals surface area contributed by atoms with Gasteiger partial charge in [-0.2, -0.15) is 4.89 Å². The minimum atomic E-state index is -0.610. The van der Waals surface area contributed by atoms with Crippen molar-refractivity contribution >= 4 is 11.9 Å². The summed E-state index contributed by atoms with van der Waals surface area (Å²) in [5.41, 5.74) is 1.08. The summed E-state index contributed by atoms with van der Waals surface area (Å²) >= 11 is 0. The summed E-state index contributed by atoms with van der Waals surface area (Å²) in [4.78, 5) is 33.2. The van der Waals surface area contributed by atoms with E-state index in [4.69, 9.17) is 9.62 Å². The Kier molecular flexibility index (Phi) is 3.71. The molecule has 0 aliphatic carbocycles. The molecule has 6 nitrogen and oxygen atoms in total. The van der Waals surface area contributed by atoms with Crippen LogP contribution in [0.1, 0.15) is 33.2 Å². The van der Waals surface area contributed by atoms with E-state index in [0.717, 1.165) is 5.56 Å². The van der Waals surface area contributed by atoms with E-state index in [1.807, 2.05) is 0 Å². The van der Waals surface area contributed by atoms with Gasteiger partial charge in [0, 0.05) is 6.42 Å². The van der Waals surface area contributed by atoms with E-state index in [9.17, 15) is 9.59 Å². The molecule has 0 bridgehead atoms. The highest BCUT2D eigenvalue weighted by atomic mass is 17.2. The standard InChI is InChI=1S/C13H14O6/c1-7-6-8-4-5-9(12(14)16-2)11(19-17-3)10(8)13(15)18-7/h4-5,7H,6H2,1-3H3. The van der Waals surface area contributed by atoms with Crippen molar-refractivity contribution in [2.45, 2.75) is 19.4 Å². The van der Waals surface area contributed by atoms with Gasteiger partial charge in [-0.25, -0.2) is 9.59 Å². The maximum absolute atomic E-state index is 11.9. The highest BCUT2D eigenvalue weighted by Gasteiger charge is 2.31. The monoisotopic (exact) mass is 266 g/mol. The molecule has 0 fully saturated rings. The van der Waals surface area contributed by atoms with E-state index >= 15 is 0 Å². The minimum Gasteiger partial charge on any atom is -0.465 e. The van der Waals surface area contributed by atoms with Crippen molar-refractivity contribution in [3.05, 3.63) is 28.8 Å². The van der Waals surface area contributed by atoms with E-state index in [2.05, 4.69) is 9.62 Å². The van der Waals surface area contributed by atoms with Crippen LogP contribution in [0.4, 0.5) is 0 Å². The van der Waals surface area contributed by atoms with Gasteiger partial charge in [0.1, 0.15) is 17.2 Å². The zero-order chi connectivity index (χ0) is 14.0. The lowest BCUT2D eigenvalue weighted by atomic mass is 9.95. The average Bonchev–Trinajstić information content (AvgIpc) is 2.37. The molecule has 102 valence electrons. The predicted octanol–water partition coefficient (Wildman–Crippen LogP) is 1.51. The molecule has 2 rings (SSSR count). The highest BCUT2D eigenvalue weighted by molar-refractivity contribution is 6.01. The maximum atomic E-state index is 11.9.